The topological polar surface area (TPSA) is 58.2 Å². The van der Waals surface area contributed by atoms with Crippen molar-refractivity contribution in [2.75, 3.05) is 11.8 Å². The third-order valence-corrected chi connectivity index (χ3v) is 6.35. The lowest BCUT2D eigenvalue weighted by molar-refractivity contribution is 0.599. The fourth-order valence-electron chi connectivity index (χ4n) is 2.07. The van der Waals surface area contributed by atoms with Crippen LogP contribution in [0.2, 0.25) is 0 Å². The van der Waals surface area contributed by atoms with Crippen LogP contribution in [-0.4, -0.2) is 15.5 Å². The number of rotatable bonds is 5. The number of anilines is 1. The Balaban J connectivity index is 2.41. The predicted octanol–water partition coefficient (Wildman–Crippen LogP) is 3.65. The Labute approximate surface area is 137 Å². The normalized spacial score (nSPS) is 11.6. The zero-order chi connectivity index (χ0) is 15.6. The fraction of sp³-hybridized carbons (Fsp3) is 0.286. The molecule has 114 valence electrons. The van der Waals surface area contributed by atoms with Crippen molar-refractivity contribution in [3.05, 3.63) is 44.1 Å². The molecule has 0 aliphatic rings. The van der Waals surface area contributed by atoms with E-state index in [-0.39, 0.29) is 0 Å². The minimum Gasteiger partial charge on any atom is -0.315 e. The van der Waals surface area contributed by atoms with Crippen molar-refractivity contribution in [2.45, 2.75) is 25.3 Å². The molecule has 1 heterocycles. The number of sulfonamides is 1. The Morgan fingerprint density at radius 3 is 2.57 bits per heavy atom. The van der Waals surface area contributed by atoms with E-state index in [1.807, 2.05) is 31.4 Å². The van der Waals surface area contributed by atoms with Crippen molar-refractivity contribution in [3.63, 3.8) is 0 Å². The van der Waals surface area contributed by atoms with Crippen LogP contribution in [0.25, 0.3) is 0 Å². The number of benzene rings is 1. The summed E-state index contributed by atoms with van der Waals surface area (Å²) < 4.78 is 29.0. The van der Waals surface area contributed by atoms with E-state index in [0.29, 0.717) is 17.1 Å². The van der Waals surface area contributed by atoms with Crippen LogP contribution in [0.5, 0.6) is 0 Å². The Bertz CT molecular complexity index is 754. The zero-order valence-electron chi connectivity index (χ0n) is 12.0. The highest BCUT2D eigenvalue weighted by molar-refractivity contribution is 9.10. The highest BCUT2D eigenvalue weighted by atomic mass is 79.9. The molecule has 7 heteroatoms. The van der Waals surface area contributed by atoms with Gasteiger partial charge < -0.3 is 5.32 Å². The quantitative estimate of drug-likeness (QED) is 0.821. The average molecular weight is 389 g/mol. The van der Waals surface area contributed by atoms with E-state index in [9.17, 15) is 8.42 Å². The van der Waals surface area contributed by atoms with Gasteiger partial charge in [-0.25, -0.2) is 8.42 Å². The maximum absolute atomic E-state index is 12.7. The molecule has 0 spiro atoms. The van der Waals surface area contributed by atoms with Crippen LogP contribution in [0.15, 0.2) is 32.9 Å². The Kier molecular flexibility index (Phi) is 5.08. The molecule has 2 aromatic rings. The van der Waals surface area contributed by atoms with Crippen molar-refractivity contribution in [3.8, 4) is 0 Å². The third kappa shape index (κ3) is 3.66. The molecule has 4 nitrogen and oxygen atoms in total. The molecule has 0 saturated carbocycles. The standard InChI is InChI=1S/C14H17BrN2O2S2/c1-9-6-11(15)4-5-12(9)17-21(18,19)14-10(2)8-20-13(14)7-16-3/h4-6,8,16-17H,7H2,1-3H3. The summed E-state index contributed by atoms with van der Waals surface area (Å²) in [6, 6.07) is 5.46. The lowest BCUT2D eigenvalue weighted by Gasteiger charge is -2.12. The van der Waals surface area contributed by atoms with Gasteiger partial charge in [0.15, 0.2) is 0 Å². The summed E-state index contributed by atoms with van der Waals surface area (Å²) in [6.07, 6.45) is 0. The summed E-state index contributed by atoms with van der Waals surface area (Å²) >= 11 is 4.83. The van der Waals surface area contributed by atoms with Gasteiger partial charge in [0.2, 0.25) is 0 Å². The van der Waals surface area contributed by atoms with Gasteiger partial charge in [-0.2, -0.15) is 0 Å². The van der Waals surface area contributed by atoms with Crippen molar-refractivity contribution in [1.29, 1.82) is 0 Å². The summed E-state index contributed by atoms with van der Waals surface area (Å²) in [6.45, 7) is 4.23. The first-order valence-electron chi connectivity index (χ1n) is 6.35. The number of hydrogen-bond donors (Lipinski definition) is 2. The molecule has 0 bridgehead atoms. The first-order chi connectivity index (χ1) is 9.85. The molecule has 0 unspecified atom stereocenters. The molecule has 0 radical (unpaired) electrons. The minimum absolute atomic E-state index is 0.379. The summed E-state index contributed by atoms with van der Waals surface area (Å²) in [5.41, 5.74) is 2.24. The third-order valence-electron chi connectivity index (χ3n) is 3.03. The maximum Gasteiger partial charge on any atom is 0.263 e. The Morgan fingerprint density at radius 2 is 1.95 bits per heavy atom. The molecule has 0 amide bonds. The zero-order valence-corrected chi connectivity index (χ0v) is 15.2. The molecule has 0 fully saturated rings. The lowest BCUT2D eigenvalue weighted by atomic mass is 10.2. The molecular formula is C14H17BrN2O2S2. The molecule has 2 N–H and O–H groups in total. The van der Waals surface area contributed by atoms with Crippen LogP contribution in [0, 0.1) is 13.8 Å². The van der Waals surface area contributed by atoms with Crippen molar-refractivity contribution in [1.82, 2.24) is 5.32 Å². The van der Waals surface area contributed by atoms with Crippen molar-refractivity contribution in [2.24, 2.45) is 0 Å². The van der Waals surface area contributed by atoms with Gasteiger partial charge >= 0.3 is 0 Å². The van der Waals surface area contributed by atoms with E-state index in [1.54, 1.807) is 13.1 Å². The molecule has 1 aromatic carbocycles. The van der Waals surface area contributed by atoms with E-state index >= 15 is 0 Å². The fourth-order valence-corrected chi connectivity index (χ4v) is 5.50. The largest absolute Gasteiger partial charge is 0.315 e. The highest BCUT2D eigenvalue weighted by Crippen LogP contribution is 2.30. The van der Waals surface area contributed by atoms with Gasteiger partial charge in [0.1, 0.15) is 4.90 Å². The summed E-state index contributed by atoms with van der Waals surface area (Å²) in [4.78, 5) is 1.20. The van der Waals surface area contributed by atoms with Crippen LogP contribution in [0.3, 0.4) is 0 Å². The van der Waals surface area contributed by atoms with E-state index in [2.05, 4.69) is 26.0 Å². The SMILES string of the molecule is CNCc1scc(C)c1S(=O)(=O)Nc1ccc(Br)cc1C. The van der Waals surface area contributed by atoms with Gasteiger partial charge in [0.05, 0.1) is 5.69 Å². The monoisotopic (exact) mass is 388 g/mol. The highest BCUT2D eigenvalue weighted by Gasteiger charge is 2.23. The summed E-state index contributed by atoms with van der Waals surface area (Å²) in [7, 11) is -1.78. The van der Waals surface area contributed by atoms with Gasteiger partial charge in [0.25, 0.3) is 10.0 Å². The molecule has 0 atom stereocenters. The molecule has 21 heavy (non-hydrogen) atoms. The van der Waals surface area contributed by atoms with Gasteiger partial charge in [-0.1, -0.05) is 15.9 Å². The summed E-state index contributed by atoms with van der Waals surface area (Å²) in [5, 5.41) is 4.88. The Morgan fingerprint density at radius 1 is 1.24 bits per heavy atom. The number of hydrogen-bond acceptors (Lipinski definition) is 4. The molecular weight excluding hydrogens is 372 g/mol. The lowest BCUT2D eigenvalue weighted by Crippen LogP contribution is -2.17. The molecule has 0 aliphatic carbocycles. The second kappa shape index (κ2) is 6.48. The van der Waals surface area contributed by atoms with E-state index in [1.165, 1.54) is 11.3 Å². The Hall–Kier alpha value is -0.890. The smallest absolute Gasteiger partial charge is 0.263 e. The average Bonchev–Trinajstić information content (AvgIpc) is 2.75. The van der Waals surface area contributed by atoms with Crippen LogP contribution >= 0.6 is 27.3 Å². The molecule has 2 rings (SSSR count). The van der Waals surface area contributed by atoms with Crippen LogP contribution in [-0.2, 0) is 16.6 Å². The van der Waals surface area contributed by atoms with Crippen molar-refractivity contribution >= 4 is 43.0 Å². The van der Waals surface area contributed by atoms with Gasteiger partial charge in [-0.3, -0.25) is 4.72 Å². The number of thiophene rings is 1. The number of halogens is 1. The van der Waals surface area contributed by atoms with Gasteiger partial charge in [0, 0.05) is 15.9 Å². The van der Waals surface area contributed by atoms with Crippen molar-refractivity contribution < 1.29 is 8.42 Å². The molecule has 0 saturated heterocycles. The number of aryl methyl sites for hydroxylation is 2. The second-order valence-electron chi connectivity index (χ2n) is 4.77. The van der Waals surface area contributed by atoms with Gasteiger partial charge in [-0.05, 0) is 55.6 Å². The first-order valence-corrected chi connectivity index (χ1v) is 9.51. The number of nitrogens with one attached hydrogen (secondary N) is 2. The first kappa shape index (κ1) is 16.5. The molecule has 0 aliphatic heterocycles. The van der Waals surface area contributed by atoms with Crippen LogP contribution in [0.1, 0.15) is 16.0 Å². The second-order valence-corrected chi connectivity index (χ2v) is 8.27. The molecule has 1 aromatic heterocycles. The van der Waals surface area contributed by atoms with E-state index < -0.39 is 10.0 Å². The van der Waals surface area contributed by atoms with Gasteiger partial charge in [-0.15, -0.1) is 11.3 Å². The van der Waals surface area contributed by atoms with Crippen LogP contribution < -0.4 is 10.0 Å². The summed E-state index contributed by atoms with van der Waals surface area (Å²) in [5.74, 6) is 0. The van der Waals surface area contributed by atoms with E-state index in [0.717, 1.165) is 20.5 Å². The predicted molar refractivity (Wildman–Crippen MR) is 91.5 cm³/mol. The minimum atomic E-state index is -3.58. The van der Waals surface area contributed by atoms with Crippen LogP contribution in [0.4, 0.5) is 5.69 Å². The maximum atomic E-state index is 12.7. The van der Waals surface area contributed by atoms with E-state index in [4.69, 9.17) is 0 Å².